The Morgan fingerprint density at radius 2 is 1.72 bits per heavy atom. The van der Waals surface area contributed by atoms with Crippen LogP contribution in [0.1, 0.15) is 21.6 Å². The first-order valence-corrected chi connectivity index (χ1v) is 10.5. The lowest BCUT2D eigenvalue weighted by molar-refractivity contribution is 0.0946. The molecule has 0 aliphatic carbocycles. The van der Waals surface area contributed by atoms with E-state index in [0.29, 0.717) is 16.3 Å². The monoisotopic (exact) mass is 454 g/mol. The largest absolute Gasteiger partial charge is 0.489 e. The maximum Gasteiger partial charge on any atom is 0.271 e. The minimum Gasteiger partial charge on any atom is -0.489 e. The van der Waals surface area contributed by atoms with Crippen LogP contribution in [0.15, 0.2) is 72.1 Å². The van der Waals surface area contributed by atoms with Gasteiger partial charge in [-0.3, -0.25) is 4.79 Å². The smallest absolute Gasteiger partial charge is 0.271 e. The van der Waals surface area contributed by atoms with Crippen molar-refractivity contribution in [2.45, 2.75) is 13.2 Å². The fourth-order valence-electron chi connectivity index (χ4n) is 2.90. The Morgan fingerprint density at radius 1 is 0.938 bits per heavy atom. The summed E-state index contributed by atoms with van der Waals surface area (Å²) in [4.78, 5) is 16.8. The number of hydrogen-bond acceptors (Lipinski definition) is 4. The molecule has 1 heterocycles. The predicted octanol–water partition coefficient (Wildman–Crippen LogP) is 5.74. The molecule has 0 aliphatic rings. The molecule has 0 bridgehead atoms. The van der Waals surface area contributed by atoms with Crippen LogP contribution in [0, 0.1) is 17.5 Å². The molecule has 4 aromatic rings. The molecule has 0 spiro atoms. The minimum absolute atomic E-state index is 0.0789. The van der Waals surface area contributed by atoms with Crippen LogP contribution in [0.5, 0.6) is 5.75 Å². The van der Waals surface area contributed by atoms with Crippen LogP contribution in [-0.2, 0) is 13.2 Å². The SMILES string of the molecule is O=C(NCc1ccc(F)cc1)c1csc(-c2cccc(OCc3ccc(F)c(F)c3)c2)n1. The second-order valence-corrected chi connectivity index (χ2v) is 7.77. The molecule has 0 radical (unpaired) electrons. The Labute approximate surface area is 186 Å². The number of rotatable bonds is 7. The van der Waals surface area contributed by atoms with E-state index in [1.54, 1.807) is 35.7 Å². The van der Waals surface area contributed by atoms with Gasteiger partial charge in [0.25, 0.3) is 5.91 Å². The Morgan fingerprint density at radius 3 is 2.50 bits per heavy atom. The first-order valence-electron chi connectivity index (χ1n) is 9.63. The molecule has 0 aliphatic heterocycles. The van der Waals surface area contributed by atoms with Crippen LogP contribution < -0.4 is 10.1 Å². The van der Waals surface area contributed by atoms with Gasteiger partial charge in [-0.25, -0.2) is 18.2 Å². The summed E-state index contributed by atoms with van der Waals surface area (Å²) in [5, 5.41) is 5.05. The lowest BCUT2D eigenvalue weighted by Crippen LogP contribution is -2.23. The molecule has 0 saturated carbocycles. The van der Waals surface area contributed by atoms with Crippen molar-refractivity contribution in [3.63, 3.8) is 0 Å². The average molecular weight is 454 g/mol. The zero-order valence-electron chi connectivity index (χ0n) is 16.6. The van der Waals surface area contributed by atoms with Crippen LogP contribution >= 0.6 is 11.3 Å². The zero-order valence-corrected chi connectivity index (χ0v) is 17.5. The minimum atomic E-state index is -0.923. The molecule has 1 aromatic heterocycles. The van der Waals surface area contributed by atoms with Gasteiger partial charge in [0.1, 0.15) is 28.9 Å². The Bertz CT molecular complexity index is 1240. The van der Waals surface area contributed by atoms with Gasteiger partial charge in [-0.2, -0.15) is 0 Å². The molecule has 162 valence electrons. The Kier molecular flexibility index (Phi) is 6.51. The third-order valence-corrected chi connectivity index (χ3v) is 5.47. The molecule has 0 unspecified atom stereocenters. The van der Waals surface area contributed by atoms with Gasteiger partial charge in [0.2, 0.25) is 0 Å². The summed E-state index contributed by atoms with van der Waals surface area (Å²) in [7, 11) is 0. The summed E-state index contributed by atoms with van der Waals surface area (Å²) in [6.45, 7) is 0.342. The van der Waals surface area contributed by atoms with Crippen molar-refractivity contribution in [1.29, 1.82) is 0 Å². The van der Waals surface area contributed by atoms with Crippen molar-refractivity contribution in [2.24, 2.45) is 0 Å². The third kappa shape index (κ3) is 5.33. The van der Waals surface area contributed by atoms with Crippen molar-refractivity contribution < 1.29 is 22.7 Å². The van der Waals surface area contributed by atoms with E-state index in [1.807, 2.05) is 6.07 Å². The summed E-state index contributed by atoms with van der Waals surface area (Å²) in [6.07, 6.45) is 0. The molecule has 0 fully saturated rings. The van der Waals surface area contributed by atoms with E-state index in [4.69, 9.17) is 4.74 Å². The van der Waals surface area contributed by atoms with Gasteiger partial charge in [-0.05, 0) is 47.5 Å². The number of ether oxygens (including phenoxy) is 1. The van der Waals surface area contributed by atoms with Crippen LogP contribution in [0.25, 0.3) is 10.6 Å². The summed E-state index contributed by atoms with van der Waals surface area (Å²) in [5.74, 6) is -1.96. The van der Waals surface area contributed by atoms with E-state index >= 15 is 0 Å². The van der Waals surface area contributed by atoms with E-state index in [0.717, 1.165) is 23.3 Å². The predicted molar refractivity (Wildman–Crippen MR) is 116 cm³/mol. The molecule has 4 nitrogen and oxygen atoms in total. The van der Waals surface area contributed by atoms with Crippen LogP contribution in [-0.4, -0.2) is 10.9 Å². The van der Waals surface area contributed by atoms with Crippen molar-refractivity contribution in [3.05, 3.63) is 106 Å². The molecular weight excluding hydrogens is 437 g/mol. The molecule has 1 amide bonds. The van der Waals surface area contributed by atoms with Gasteiger partial charge in [-0.1, -0.05) is 30.3 Å². The van der Waals surface area contributed by atoms with Crippen molar-refractivity contribution in [1.82, 2.24) is 10.3 Å². The van der Waals surface area contributed by atoms with E-state index in [2.05, 4.69) is 10.3 Å². The van der Waals surface area contributed by atoms with E-state index in [1.165, 1.54) is 29.5 Å². The van der Waals surface area contributed by atoms with E-state index in [9.17, 15) is 18.0 Å². The number of hydrogen-bond donors (Lipinski definition) is 1. The second-order valence-electron chi connectivity index (χ2n) is 6.91. The number of aromatic nitrogens is 1. The fourth-order valence-corrected chi connectivity index (χ4v) is 3.70. The van der Waals surface area contributed by atoms with E-state index < -0.39 is 11.6 Å². The second kappa shape index (κ2) is 9.65. The summed E-state index contributed by atoms with van der Waals surface area (Å²) >= 11 is 1.31. The Hall–Kier alpha value is -3.65. The zero-order chi connectivity index (χ0) is 22.5. The lowest BCUT2D eigenvalue weighted by atomic mass is 10.2. The topological polar surface area (TPSA) is 51.2 Å². The number of nitrogens with zero attached hydrogens (tertiary/aromatic N) is 1. The molecule has 8 heteroatoms. The van der Waals surface area contributed by atoms with Gasteiger partial charge >= 0.3 is 0 Å². The van der Waals surface area contributed by atoms with Crippen LogP contribution in [0.4, 0.5) is 13.2 Å². The van der Waals surface area contributed by atoms with Crippen LogP contribution in [0.3, 0.4) is 0 Å². The van der Waals surface area contributed by atoms with Crippen LogP contribution in [0.2, 0.25) is 0 Å². The third-order valence-electron chi connectivity index (χ3n) is 4.57. The Balaban J connectivity index is 1.39. The highest BCUT2D eigenvalue weighted by atomic mass is 32.1. The van der Waals surface area contributed by atoms with Crippen molar-refractivity contribution >= 4 is 17.2 Å². The normalized spacial score (nSPS) is 10.7. The molecule has 3 aromatic carbocycles. The number of carbonyl (C=O) groups is 1. The standard InChI is InChI=1S/C24H17F3N2O2S/c25-18-7-4-15(5-8-18)12-28-23(30)22-14-32-24(29-22)17-2-1-3-19(11-17)31-13-16-6-9-20(26)21(27)10-16/h1-11,14H,12-13H2,(H,28,30). The number of thiazole rings is 1. The molecule has 32 heavy (non-hydrogen) atoms. The number of nitrogens with one attached hydrogen (secondary N) is 1. The first kappa shape index (κ1) is 21.6. The maximum absolute atomic E-state index is 13.3. The highest BCUT2D eigenvalue weighted by Crippen LogP contribution is 2.27. The maximum atomic E-state index is 13.3. The lowest BCUT2D eigenvalue weighted by Gasteiger charge is -2.08. The number of benzene rings is 3. The van der Waals surface area contributed by atoms with Gasteiger partial charge in [0.15, 0.2) is 11.6 Å². The highest BCUT2D eigenvalue weighted by Gasteiger charge is 2.12. The van der Waals surface area contributed by atoms with Gasteiger partial charge < -0.3 is 10.1 Å². The van der Waals surface area contributed by atoms with Crippen molar-refractivity contribution in [3.8, 4) is 16.3 Å². The molecule has 0 saturated heterocycles. The number of halogens is 3. The molecule has 4 rings (SSSR count). The number of carbonyl (C=O) groups excluding carboxylic acids is 1. The number of amides is 1. The fraction of sp³-hybridized carbons (Fsp3) is 0.0833. The molecule has 0 atom stereocenters. The summed E-state index contributed by atoms with van der Waals surface area (Å²) < 4.78 is 45.0. The average Bonchev–Trinajstić information content (AvgIpc) is 3.30. The quantitative estimate of drug-likeness (QED) is 0.388. The summed E-state index contributed by atoms with van der Waals surface area (Å²) in [6, 6.07) is 16.6. The summed E-state index contributed by atoms with van der Waals surface area (Å²) in [5.41, 5.74) is 2.32. The first-order chi connectivity index (χ1) is 15.5. The molecule has 1 N–H and O–H groups in total. The van der Waals surface area contributed by atoms with Gasteiger partial charge in [-0.15, -0.1) is 11.3 Å². The van der Waals surface area contributed by atoms with E-state index in [-0.39, 0.29) is 30.6 Å². The van der Waals surface area contributed by atoms with Crippen molar-refractivity contribution in [2.75, 3.05) is 0 Å². The van der Waals surface area contributed by atoms with Gasteiger partial charge in [0, 0.05) is 17.5 Å². The highest BCUT2D eigenvalue weighted by molar-refractivity contribution is 7.13. The van der Waals surface area contributed by atoms with Gasteiger partial charge in [0.05, 0.1) is 0 Å². The molecular formula is C24H17F3N2O2S.